The van der Waals surface area contributed by atoms with Crippen LogP contribution in [0.4, 0.5) is 0 Å². The van der Waals surface area contributed by atoms with Gasteiger partial charge in [0.25, 0.3) is 0 Å². The molecule has 0 saturated heterocycles. The summed E-state index contributed by atoms with van der Waals surface area (Å²) in [5.41, 5.74) is -0.0599. The van der Waals surface area contributed by atoms with Crippen molar-refractivity contribution < 1.29 is 42.4 Å². The minimum atomic E-state index is -2.00. The molecule has 9 nitrogen and oxygen atoms in total. The van der Waals surface area contributed by atoms with Gasteiger partial charge in [-0.2, -0.15) is 0 Å². The number of carbonyl (C=O) groups excluding carboxylic acids is 2. The molecule has 0 spiro atoms. The van der Waals surface area contributed by atoms with Gasteiger partial charge in [-0.05, 0) is 91.9 Å². The Labute approximate surface area is 282 Å². The van der Waals surface area contributed by atoms with Gasteiger partial charge in [-0.15, -0.1) is 0 Å². The number of rotatable bonds is 15. The van der Waals surface area contributed by atoms with Gasteiger partial charge < -0.3 is 32.8 Å². The third kappa shape index (κ3) is 11.4. The number of hydrogen-bond donors (Lipinski definition) is 0. The van der Waals surface area contributed by atoms with Gasteiger partial charge in [0.05, 0.1) is 44.1 Å². The molecule has 0 aliphatic heterocycles. The van der Waals surface area contributed by atoms with Gasteiger partial charge in [-0.3, -0.25) is 0 Å². The monoisotopic (exact) mass is 730 g/mol. The van der Waals surface area contributed by atoms with E-state index in [0.29, 0.717) is 63.9 Å². The summed E-state index contributed by atoms with van der Waals surface area (Å²) in [6.45, 7) is 17.0. The molecule has 0 saturated carbocycles. The number of methoxy groups -OCH3 is 3. The Morgan fingerprint density at radius 2 is 1.38 bits per heavy atom. The van der Waals surface area contributed by atoms with Crippen LogP contribution < -0.4 is 18.9 Å². The fourth-order valence-corrected chi connectivity index (χ4v) is 5.63. The normalized spacial score (nSPS) is 12.7. The van der Waals surface area contributed by atoms with Crippen LogP contribution in [0.25, 0.3) is 0 Å². The number of carbonyl (C=O) groups is 2. The molecule has 45 heavy (non-hydrogen) atoms. The molecule has 0 radical (unpaired) electrons. The Hall–Kier alpha value is -2.47. The van der Waals surface area contributed by atoms with Crippen LogP contribution in [-0.4, -0.2) is 66.5 Å². The maximum atomic E-state index is 13.3. The topological polar surface area (TPSA) is 98.8 Å². The van der Waals surface area contributed by atoms with Crippen molar-refractivity contribution in [3.63, 3.8) is 0 Å². The summed E-state index contributed by atoms with van der Waals surface area (Å²) in [6.07, 6.45) is 1.09. The largest absolute Gasteiger partial charge is 0.493 e. The molecule has 0 aromatic heterocycles. The fraction of sp³-hybridized carbons (Fsp3) is 0.576. The van der Waals surface area contributed by atoms with E-state index in [-0.39, 0.29) is 17.2 Å². The standard InChI is InChI=1S/C33H48BrClO9Si/c1-32(2,3)44-31(37)21-17-24(34)28(35)25(18-21)41-15-12-13-23(14-16-42-45(10,11)33(4,5)6)43-30(36)22-19-26(38-7)29(40-9)27(20-22)39-8/h17-20,23H,12-16H2,1-11H3. The van der Waals surface area contributed by atoms with Crippen molar-refractivity contribution in [3.8, 4) is 23.0 Å². The summed E-state index contributed by atoms with van der Waals surface area (Å²) < 4.78 is 40.6. The molecule has 0 aliphatic carbocycles. The molecule has 12 heteroatoms. The van der Waals surface area contributed by atoms with E-state index >= 15 is 0 Å². The first-order valence-electron chi connectivity index (χ1n) is 14.8. The maximum absolute atomic E-state index is 13.3. The molecule has 252 valence electrons. The van der Waals surface area contributed by atoms with Crippen molar-refractivity contribution in [2.45, 2.75) is 90.6 Å². The summed E-state index contributed by atoms with van der Waals surface area (Å²) in [7, 11) is 2.47. The minimum Gasteiger partial charge on any atom is -0.493 e. The molecule has 0 aliphatic rings. The first-order chi connectivity index (χ1) is 20.8. The average Bonchev–Trinajstić information content (AvgIpc) is 2.94. The Morgan fingerprint density at radius 1 is 0.822 bits per heavy atom. The molecule has 1 unspecified atom stereocenters. The third-order valence-electron chi connectivity index (χ3n) is 7.44. The lowest BCUT2D eigenvalue weighted by atomic mass is 10.1. The predicted octanol–water partition coefficient (Wildman–Crippen LogP) is 8.88. The second kappa shape index (κ2) is 16.4. The van der Waals surface area contributed by atoms with Gasteiger partial charge in [0, 0.05) is 17.5 Å². The van der Waals surface area contributed by atoms with Gasteiger partial charge in [0.1, 0.15) is 17.5 Å². The number of ether oxygens (including phenoxy) is 6. The van der Waals surface area contributed by atoms with E-state index in [0.717, 1.165) is 0 Å². The van der Waals surface area contributed by atoms with Crippen LogP contribution in [0, 0.1) is 0 Å². The lowest BCUT2D eigenvalue weighted by molar-refractivity contribution is 0.00684. The van der Waals surface area contributed by atoms with Crippen LogP contribution in [0.3, 0.4) is 0 Å². The summed E-state index contributed by atoms with van der Waals surface area (Å²) >= 11 is 9.87. The predicted molar refractivity (Wildman–Crippen MR) is 182 cm³/mol. The van der Waals surface area contributed by atoms with Crippen molar-refractivity contribution in [2.75, 3.05) is 34.5 Å². The number of hydrogen-bond acceptors (Lipinski definition) is 9. The molecule has 0 amide bonds. The molecule has 2 aromatic rings. The zero-order valence-electron chi connectivity index (χ0n) is 28.4. The summed E-state index contributed by atoms with van der Waals surface area (Å²) in [5, 5.41) is 0.389. The van der Waals surface area contributed by atoms with Crippen molar-refractivity contribution in [3.05, 3.63) is 44.9 Å². The highest BCUT2D eigenvalue weighted by Gasteiger charge is 2.37. The summed E-state index contributed by atoms with van der Waals surface area (Å²) in [5.74, 6) is 0.432. The zero-order valence-corrected chi connectivity index (χ0v) is 31.7. The van der Waals surface area contributed by atoms with Crippen LogP contribution in [0.1, 0.15) is 81.5 Å². The SMILES string of the molecule is COc1cc(C(=O)OC(CCCOc2cc(C(=O)OC(C)(C)C)cc(Br)c2Cl)CCO[Si](C)(C)C(C)(C)C)cc(OC)c1OC. The van der Waals surface area contributed by atoms with Crippen molar-refractivity contribution in [1.29, 1.82) is 0 Å². The summed E-state index contributed by atoms with van der Waals surface area (Å²) in [4.78, 5) is 26.0. The van der Waals surface area contributed by atoms with Crippen LogP contribution in [0.15, 0.2) is 28.7 Å². The Bertz CT molecular complexity index is 1290. The van der Waals surface area contributed by atoms with Gasteiger partial charge in [0.2, 0.25) is 5.75 Å². The van der Waals surface area contributed by atoms with Crippen LogP contribution in [-0.2, 0) is 13.9 Å². The first kappa shape index (κ1) is 38.7. The Kier molecular flexibility index (Phi) is 14.1. The van der Waals surface area contributed by atoms with E-state index < -0.39 is 32.0 Å². The Balaban J connectivity index is 2.19. The van der Waals surface area contributed by atoms with Crippen molar-refractivity contribution in [2.24, 2.45) is 0 Å². The highest BCUT2D eigenvalue weighted by molar-refractivity contribution is 9.10. The lowest BCUT2D eigenvalue weighted by Gasteiger charge is -2.36. The highest BCUT2D eigenvalue weighted by atomic mass is 79.9. The van der Waals surface area contributed by atoms with Crippen LogP contribution in [0.5, 0.6) is 23.0 Å². The molecule has 2 aromatic carbocycles. The molecule has 0 N–H and O–H groups in total. The number of esters is 2. The van der Waals surface area contributed by atoms with Gasteiger partial charge in [0.15, 0.2) is 19.8 Å². The second-order valence-corrected chi connectivity index (χ2v) is 19.1. The third-order valence-corrected chi connectivity index (χ3v) is 13.2. The van der Waals surface area contributed by atoms with E-state index in [9.17, 15) is 9.59 Å². The van der Waals surface area contributed by atoms with Crippen LogP contribution >= 0.6 is 27.5 Å². The van der Waals surface area contributed by atoms with E-state index in [2.05, 4.69) is 49.8 Å². The van der Waals surface area contributed by atoms with Crippen LogP contribution in [0.2, 0.25) is 23.2 Å². The molecule has 2 rings (SSSR count). The van der Waals surface area contributed by atoms with E-state index in [4.69, 9.17) is 44.4 Å². The Morgan fingerprint density at radius 3 is 1.89 bits per heavy atom. The molecule has 0 bridgehead atoms. The fourth-order valence-electron chi connectivity index (χ4n) is 3.96. The molecular weight excluding hydrogens is 684 g/mol. The lowest BCUT2D eigenvalue weighted by Crippen LogP contribution is -2.41. The number of benzene rings is 2. The minimum absolute atomic E-state index is 0.0462. The second-order valence-electron chi connectivity index (χ2n) is 13.1. The molecule has 0 heterocycles. The van der Waals surface area contributed by atoms with E-state index in [1.807, 2.05) is 0 Å². The van der Waals surface area contributed by atoms with E-state index in [1.165, 1.54) is 21.3 Å². The van der Waals surface area contributed by atoms with Gasteiger partial charge >= 0.3 is 11.9 Å². The van der Waals surface area contributed by atoms with Gasteiger partial charge in [-0.1, -0.05) is 32.4 Å². The maximum Gasteiger partial charge on any atom is 0.338 e. The smallest absolute Gasteiger partial charge is 0.338 e. The average molecular weight is 732 g/mol. The van der Waals surface area contributed by atoms with E-state index in [1.54, 1.807) is 45.0 Å². The van der Waals surface area contributed by atoms with Crippen molar-refractivity contribution >= 4 is 47.8 Å². The molecule has 0 fully saturated rings. The van der Waals surface area contributed by atoms with Gasteiger partial charge in [-0.25, -0.2) is 9.59 Å². The van der Waals surface area contributed by atoms with Crippen molar-refractivity contribution in [1.82, 2.24) is 0 Å². The highest BCUT2D eigenvalue weighted by Crippen LogP contribution is 2.39. The molecule has 1 atom stereocenters. The zero-order chi connectivity index (χ0) is 34.2. The number of halogens is 2. The summed E-state index contributed by atoms with van der Waals surface area (Å²) in [6, 6.07) is 6.29. The molecular formula is C33H48BrClO9Si. The first-order valence-corrected chi connectivity index (χ1v) is 18.9. The quantitative estimate of drug-likeness (QED) is 0.101.